The van der Waals surface area contributed by atoms with Crippen molar-refractivity contribution in [3.05, 3.63) is 17.5 Å². The van der Waals surface area contributed by atoms with Gasteiger partial charge < -0.3 is 4.90 Å². The van der Waals surface area contributed by atoms with Crippen molar-refractivity contribution in [3.63, 3.8) is 0 Å². The molecule has 2 aliphatic rings. The molecule has 3 rings (SSSR count). The highest BCUT2D eigenvalue weighted by Crippen LogP contribution is 2.28. The Hall–Kier alpha value is -0.920. The lowest BCUT2D eigenvalue weighted by Crippen LogP contribution is -2.40. The summed E-state index contributed by atoms with van der Waals surface area (Å²) in [4.78, 5) is 14.5. The van der Waals surface area contributed by atoms with Crippen LogP contribution >= 0.6 is 11.3 Å². The molecule has 1 amide bonds. The molecule has 0 N–H and O–H groups in total. The second kappa shape index (κ2) is 7.97. The Bertz CT molecular complexity index is 627. The van der Waals surface area contributed by atoms with E-state index in [1.165, 1.54) is 24.2 Å². The second-order valence-electron chi connectivity index (χ2n) is 6.78. The second-order valence-corrected chi connectivity index (χ2v) is 9.89. The normalized spacial score (nSPS) is 21.6. The molecule has 0 spiro atoms. The van der Waals surface area contributed by atoms with Gasteiger partial charge in [0, 0.05) is 32.6 Å². The van der Waals surface area contributed by atoms with Gasteiger partial charge in [-0.2, -0.15) is 4.31 Å². The van der Waals surface area contributed by atoms with Crippen molar-refractivity contribution in [2.24, 2.45) is 5.92 Å². The first-order valence-electron chi connectivity index (χ1n) is 8.89. The van der Waals surface area contributed by atoms with Crippen molar-refractivity contribution >= 4 is 27.3 Å². The number of amides is 1. The Labute approximate surface area is 148 Å². The molecule has 2 aliphatic heterocycles. The third kappa shape index (κ3) is 4.18. The summed E-state index contributed by atoms with van der Waals surface area (Å²) >= 11 is 1.27. The van der Waals surface area contributed by atoms with E-state index in [0.29, 0.717) is 29.6 Å². The van der Waals surface area contributed by atoms with Crippen LogP contribution in [0.15, 0.2) is 21.7 Å². The van der Waals surface area contributed by atoms with Crippen LogP contribution in [0.3, 0.4) is 0 Å². The van der Waals surface area contributed by atoms with Crippen molar-refractivity contribution < 1.29 is 13.2 Å². The van der Waals surface area contributed by atoms with E-state index in [0.717, 1.165) is 38.8 Å². The lowest BCUT2D eigenvalue weighted by Gasteiger charge is -2.31. The first kappa shape index (κ1) is 17.9. The molecule has 24 heavy (non-hydrogen) atoms. The molecule has 3 heterocycles. The molecule has 1 aromatic rings. The molecule has 7 heteroatoms. The molecule has 0 saturated carbocycles. The van der Waals surface area contributed by atoms with Crippen molar-refractivity contribution in [1.29, 1.82) is 0 Å². The largest absolute Gasteiger partial charge is 0.343 e. The third-order valence-corrected chi connectivity index (χ3v) is 8.36. The summed E-state index contributed by atoms with van der Waals surface area (Å²) in [5, 5.41) is 1.79. The zero-order valence-corrected chi connectivity index (χ0v) is 15.7. The van der Waals surface area contributed by atoms with Gasteiger partial charge in [0.25, 0.3) is 10.0 Å². The molecule has 5 nitrogen and oxygen atoms in total. The number of nitrogens with zero attached hydrogens (tertiary/aromatic N) is 2. The summed E-state index contributed by atoms with van der Waals surface area (Å²) in [7, 11) is -3.34. The average Bonchev–Trinajstić information content (AvgIpc) is 2.99. The van der Waals surface area contributed by atoms with Gasteiger partial charge in [0.2, 0.25) is 5.91 Å². The van der Waals surface area contributed by atoms with E-state index in [2.05, 4.69) is 0 Å². The van der Waals surface area contributed by atoms with E-state index in [1.807, 2.05) is 4.90 Å². The van der Waals surface area contributed by atoms with Crippen LogP contribution in [0.2, 0.25) is 0 Å². The zero-order valence-electron chi connectivity index (χ0n) is 14.0. The van der Waals surface area contributed by atoms with Crippen LogP contribution in [0.1, 0.15) is 44.9 Å². The van der Waals surface area contributed by atoms with Gasteiger partial charge in [0.15, 0.2) is 0 Å². The fourth-order valence-corrected chi connectivity index (χ4v) is 6.20. The van der Waals surface area contributed by atoms with E-state index < -0.39 is 10.0 Å². The van der Waals surface area contributed by atoms with Gasteiger partial charge in [-0.1, -0.05) is 18.9 Å². The summed E-state index contributed by atoms with van der Waals surface area (Å²) < 4.78 is 27.0. The SMILES string of the molecule is O=C(CC1CCN(S(=O)(=O)c2cccs2)CC1)N1CCCCCC1. The number of thiophene rings is 1. The van der Waals surface area contributed by atoms with Crippen LogP contribution in [0, 0.1) is 5.92 Å². The number of carbonyl (C=O) groups excluding carboxylic acids is 1. The first-order valence-corrected chi connectivity index (χ1v) is 11.2. The molecular formula is C17H26N2O3S2. The van der Waals surface area contributed by atoms with Crippen molar-refractivity contribution in [3.8, 4) is 0 Å². The fourth-order valence-electron chi connectivity index (χ4n) is 3.59. The van der Waals surface area contributed by atoms with Crippen LogP contribution in [-0.2, 0) is 14.8 Å². The minimum absolute atomic E-state index is 0.261. The van der Waals surface area contributed by atoms with E-state index in [9.17, 15) is 13.2 Å². The number of carbonyl (C=O) groups is 1. The fraction of sp³-hybridized carbons (Fsp3) is 0.706. The first-order chi connectivity index (χ1) is 11.6. The van der Waals surface area contributed by atoms with Crippen molar-refractivity contribution in [2.75, 3.05) is 26.2 Å². The van der Waals surface area contributed by atoms with Crippen LogP contribution in [0.4, 0.5) is 0 Å². The highest BCUT2D eigenvalue weighted by molar-refractivity contribution is 7.91. The van der Waals surface area contributed by atoms with Gasteiger partial charge in [0.05, 0.1) is 0 Å². The van der Waals surface area contributed by atoms with Crippen LogP contribution < -0.4 is 0 Å². The number of rotatable bonds is 4. The molecule has 2 saturated heterocycles. The molecule has 1 aromatic heterocycles. The minimum atomic E-state index is -3.34. The lowest BCUT2D eigenvalue weighted by molar-refractivity contribution is -0.132. The zero-order chi connectivity index (χ0) is 17.0. The lowest BCUT2D eigenvalue weighted by atomic mass is 9.94. The maximum Gasteiger partial charge on any atom is 0.252 e. The number of hydrogen-bond acceptors (Lipinski definition) is 4. The standard InChI is InChI=1S/C17H26N2O3S2/c20-16(18-9-3-1-2-4-10-18)14-15-7-11-19(12-8-15)24(21,22)17-6-5-13-23-17/h5-6,13,15H,1-4,7-12,14H2. The predicted octanol–water partition coefficient (Wildman–Crippen LogP) is 2.94. The molecule has 134 valence electrons. The maximum absolute atomic E-state index is 12.5. The van der Waals surface area contributed by atoms with Crippen LogP contribution in [-0.4, -0.2) is 49.7 Å². The monoisotopic (exact) mass is 370 g/mol. The highest BCUT2D eigenvalue weighted by Gasteiger charge is 2.31. The molecule has 0 aliphatic carbocycles. The summed E-state index contributed by atoms with van der Waals surface area (Å²) in [5.41, 5.74) is 0. The number of hydrogen-bond donors (Lipinski definition) is 0. The van der Waals surface area contributed by atoms with Crippen molar-refractivity contribution in [2.45, 2.75) is 49.2 Å². The number of sulfonamides is 1. The number of piperidine rings is 1. The van der Waals surface area contributed by atoms with E-state index in [-0.39, 0.29) is 5.91 Å². The topological polar surface area (TPSA) is 57.7 Å². The van der Waals surface area contributed by atoms with E-state index in [4.69, 9.17) is 0 Å². The number of likely N-dealkylation sites (tertiary alicyclic amines) is 1. The highest BCUT2D eigenvalue weighted by atomic mass is 32.2. The van der Waals surface area contributed by atoms with E-state index in [1.54, 1.807) is 21.8 Å². The third-order valence-electron chi connectivity index (χ3n) is 5.08. The summed E-state index contributed by atoms with van der Waals surface area (Å²) in [6.07, 6.45) is 6.82. The van der Waals surface area contributed by atoms with Crippen LogP contribution in [0.5, 0.6) is 0 Å². The Morgan fingerprint density at radius 3 is 2.33 bits per heavy atom. The summed E-state index contributed by atoms with van der Waals surface area (Å²) in [5.74, 6) is 0.576. The smallest absolute Gasteiger partial charge is 0.252 e. The molecule has 0 radical (unpaired) electrons. The Balaban J connectivity index is 1.51. The van der Waals surface area contributed by atoms with E-state index >= 15 is 0 Å². The van der Waals surface area contributed by atoms with Gasteiger partial charge in [-0.05, 0) is 43.0 Å². The van der Waals surface area contributed by atoms with Gasteiger partial charge >= 0.3 is 0 Å². The Morgan fingerprint density at radius 1 is 1.08 bits per heavy atom. The minimum Gasteiger partial charge on any atom is -0.343 e. The van der Waals surface area contributed by atoms with Gasteiger partial charge in [-0.3, -0.25) is 4.79 Å². The molecule has 0 bridgehead atoms. The van der Waals surface area contributed by atoms with Gasteiger partial charge in [-0.15, -0.1) is 11.3 Å². The summed E-state index contributed by atoms with van der Waals surface area (Å²) in [6, 6.07) is 3.43. The maximum atomic E-state index is 12.5. The quantitative estimate of drug-likeness (QED) is 0.819. The molecule has 0 aromatic carbocycles. The Kier molecular flexibility index (Phi) is 5.94. The Morgan fingerprint density at radius 2 is 1.75 bits per heavy atom. The van der Waals surface area contributed by atoms with Crippen LogP contribution in [0.25, 0.3) is 0 Å². The molecule has 0 unspecified atom stereocenters. The predicted molar refractivity (Wildman–Crippen MR) is 95.5 cm³/mol. The molecule has 0 atom stereocenters. The average molecular weight is 371 g/mol. The molecule has 2 fully saturated rings. The summed E-state index contributed by atoms with van der Waals surface area (Å²) in [6.45, 7) is 2.84. The van der Waals surface area contributed by atoms with Gasteiger partial charge in [-0.25, -0.2) is 8.42 Å². The van der Waals surface area contributed by atoms with Gasteiger partial charge in [0.1, 0.15) is 4.21 Å². The van der Waals surface area contributed by atoms with Crippen molar-refractivity contribution in [1.82, 2.24) is 9.21 Å². The molecular weight excluding hydrogens is 344 g/mol.